The molecule has 0 saturated heterocycles. The highest BCUT2D eigenvalue weighted by Gasteiger charge is 2.31. The number of nitrogen functional groups attached to an aromatic ring is 1. The Balaban J connectivity index is 2.19. The minimum absolute atomic E-state index is 0.00748. The summed E-state index contributed by atoms with van der Waals surface area (Å²) in [5.74, 6) is -1.44. The molecule has 0 aliphatic rings. The number of aryl methyl sites for hydroxylation is 1. The molecular weight excluding hydrogens is 398 g/mol. The molecule has 3 N–H and O–H groups in total. The van der Waals surface area contributed by atoms with E-state index in [1.807, 2.05) is 13.0 Å². The van der Waals surface area contributed by atoms with Crippen LogP contribution in [-0.4, -0.2) is 14.2 Å². The van der Waals surface area contributed by atoms with Crippen molar-refractivity contribution >= 4 is 16.8 Å². The van der Waals surface area contributed by atoms with Crippen molar-refractivity contribution in [2.75, 3.05) is 5.73 Å². The number of hydrogen-bond acceptors (Lipinski definition) is 6. The van der Waals surface area contributed by atoms with Gasteiger partial charge < -0.3 is 15.3 Å². The van der Waals surface area contributed by atoms with Gasteiger partial charge in [-0.15, -0.1) is 0 Å². The van der Waals surface area contributed by atoms with Gasteiger partial charge in [-0.1, -0.05) is 42.0 Å². The van der Waals surface area contributed by atoms with Crippen molar-refractivity contribution in [2.24, 2.45) is 14.1 Å². The predicted molar refractivity (Wildman–Crippen MR) is 118 cm³/mol. The minimum atomic E-state index is -1.05. The van der Waals surface area contributed by atoms with Crippen molar-refractivity contribution in [1.29, 1.82) is 0 Å². The van der Waals surface area contributed by atoms with Gasteiger partial charge in [-0.2, -0.15) is 0 Å². The Bertz CT molecular complexity index is 1510. The largest absolute Gasteiger partial charge is 0.507 e. The summed E-state index contributed by atoms with van der Waals surface area (Å²) in [4.78, 5) is 38.6. The highest BCUT2D eigenvalue weighted by Crippen LogP contribution is 2.38. The molecule has 0 spiro atoms. The monoisotopic (exact) mass is 419 g/mol. The number of para-hydroxylation sites is 1. The molecule has 0 fully saturated rings. The van der Waals surface area contributed by atoms with Crippen molar-refractivity contribution in [2.45, 2.75) is 12.8 Å². The van der Waals surface area contributed by atoms with Crippen LogP contribution < -0.4 is 22.6 Å². The predicted octanol–water partition coefficient (Wildman–Crippen LogP) is 1.97. The van der Waals surface area contributed by atoms with Crippen molar-refractivity contribution in [3.05, 3.63) is 102 Å². The minimum Gasteiger partial charge on any atom is -0.507 e. The van der Waals surface area contributed by atoms with Crippen LogP contribution in [0.15, 0.2) is 67.3 Å². The van der Waals surface area contributed by atoms with Gasteiger partial charge in [-0.25, -0.2) is 9.59 Å². The zero-order chi connectivity index (χ0) is 22.4. The van der Waals surface area contributed by atoms with Crippen LogP contribution in [0.2, 0.25) is 0 Å². The number of anilines is 1. The fraction of sp³-hybridized carbons (Fsp3) is 0.174. The summed E-state index contributed by atoms with van der Waals surface area (Å²) in [6, 6.07) is 13.7. The first-order valence-corrected chi connectivity index (χ1v) is 9.59. The zero-order valence-electron chi connectivity index (χ0n) is 17.2. The molecule has 0 aliphatic carbocycles. The molecule has 1 atom stereocenters. The quantitative estimate of drug-likeness (QED) is 0.490. The van der Waals surface area contributed by atoms with E-state index in [2.05, 4.69) is 0 Å². The third-order valence-corrected chi connectivity index (χ3v) is 5.52. The molecule has 4 rings (SSSR count). The molecule has 0 saturated carbocycles. The van der Waals surface area contributed by atoms with Gasteiger partial charge in [0.15, 0.2) is 0 Å². The first-order valence-electron chi connectivity index (χ1n) is 9.59. The number of nitrogens with two attached hydrogens (primary N) is 1. The Kier molecular flexibility index (Phi) is 4.77. The standard InChI is InChI=1S/C23H21N3O5/c1-12-7-6-8-13(11-12)16(18-20(24)25(2)23(30)26(3)21(18)28)17-19(27)14-9-4-5-10-15(14)31-22(17)29/h4-11,16,27H,24H2,1-3H3. The highest BCUT2D eigenvalue weighted by molar-refractivity contribution is 5.84. The van der Waals surface area contributed by atoms with Gasteiger partial charge in [0.05, 0.1) is 22.4 Å². The smallest absolute Gasteiger partial charge is 0.344 e. The summed E-state index contributed by atoms with van der Waals surface area (Å²) in [7, 11) is 2.78. The van der Waals surface area contributed by atoms with Gasteiger partial charge in [0.25, 0.3) is 5.56 Å². The van der Waals surface area contributed by atoms with Gasteiger partial charge in [0, 0.05) is 14.1 Å². The molecule has 1 unspecified atom stereocenters. The van der Waals surface area contributed by atoms with E-state index >= 15 is 0 Å². The van der Waals surface area contributed by atoms with Crippen molar-refractivity contribution < 1.29 is 9.52 Å². The molecule has 4 aromatic rings. The van der Waals surface area contributed by atoms with E-state index in [0.29, 0.717) is 10.9 Å². The van der Waals surface area contributed by atoms with Crippen LogP contribution in [0.4, 0.5) is 5.82 Å². The molecule has 0 radical (unpaired) electrons. The van der Waals surface area contributed by atoms with Gasteiger partial charge in [-0.05, 0) is 24.6 Å². The number of fused-ring (bicyclic) bond motifs is 1. The second kappa shape index (κ2) is 7.32. The van der Waals surface area contributed by atoms with Crippen molar-refractivity contribution in [3.63, 3.8) is 0 Å². The Morgan fingerprint density at radius 1 is 0.968 bits per heavy atom. The van der Waals surface area contributed by atoms with Crippen LogP contribution in [0.1, 0.15) is 28.2 Å². The molecular formula is C23H21N3O5. The third-order valence-electron chi connectivity index (χ3n) is 5.52. The Labute approximate surface area is 176 Å². The Morgan fingerprint density at radius 2 is 1.68 bits per heavy atom. The van der Waals surface area contributed by atoms with Gasteiger partial charge in [0.1, 0.15) is 17.2 Å². The summed E-state index contributed by atoms with van der Waals surface area (Å²) in [5.41, 5.74) is 5.72. The van der Waals surface area contributed by atoms with Gasteiger partial charge in [-0.3, -0.25) is 13.9 Å². The number of aromatic hydroxyl groups is 1. The first-order chi connectivity index (χ1) is 14.7. The topological polar surface area (TPSA) is 120 Å². The molecule has 0 aliphatic heterocycles. The fourth-order valence-electron chi connectivity index (χ4n) is 3.89. The lowest BCUT2D eigenvalue weighted by molar-refractivity contribution is 0.454. The van der Waals surface area contributed by atoms with Gasteiger partial charge >= 0.3 is 11.3 Å². The molecule has 2 heterocycles. The second-order valence-corrected chi connectivity index (χ2v) is 7.50. The van der Waals surface area contributed by atoms with E-state index in [4.69, 9.17) is 10.2 Å². The summed E-state index contributed by atoms with van der Waals surface area (Å²) < 4.78 is 7.52. The summed E-state index contributed by atoms with van der Waals surface area (Å²) in [6.45, 7) is 1.87. The number of rotatable bonds is 3. The van der Waals surface area contributed by atoms with Crippen LogP contribution in [0.5, 0.6) is 5.75 Å². The number of benzene rings is 2. The molecule has 31 heavy (non-hydrogen) atoms. The average molecular weight is 419 g/mol. The second-order valence-electron chi connectivity index (χ2n) is 7.50. The normalized spacial score (nSPS) is 12.2. The maximum absolute atomic E-state index is 13.2. The molecule has 0 amide bonds. The number of aromatic nitrogens is 2. The van der Waals surface area contributed by atoms with Gasteiger partial charge in [0.2, 0.25) is 0 Å². The average Bonchev–Trinajstić information content (AvgIpc) is 2.75. The maximum atomic E-state index is 13.2. The number of hydrogen-bond donors (Lipinski definition) is 2. The van der Waals surface area contributed by atoms with E-state index in [9.17, 15) is 19.5 Å². The van der Waals surface area contributed by atoms with Crippen LogP contribution in [0, 0.1) is 6.92 Å². The van der Waals surface area contributed by atoms with Crippen molar-refractivity contribution in [1.82, 2.24) is 9.13 Å². The number of nitrogens with zero attached hydrogens (tertiary/aromatic N) is 2. The molecule has 8 heteroatoms. The molecule has 8 nitrogen and oxygen atoms in total. The maximum Gasteiger partial charge on any atom is 0.344 e. The molecule has 0 bridgehead atoms. The summed E-state index contributed by atoms with van der Waals surface area (Å²) in [6.07, 6.45) is 0. The summed E-state index contributed by atoms with van der Waals surface area (Å²) >= 11 is 0. The molecule has 2 aromatic carbocycles. The SMILES string of the molecule is Cc1cccc(C(c2c(O)c3ccccc3oc2=O)c2c(N)n(C)c(=O)n(C)c2=O)c1. The highest BCUT2D eigenvalue weighted by atomic mass is 16.4. The Hall–Kier alpha value is -4.07. The lowest BCUT2D eigenvalue weighted by Gasteiger charge is -2.22. The van der Waals surface area contributed by atoms with E-state index in [1.54, 1.807) is 42.5 Å². The van der Waals surface area contributed by atoms with E-state index in [0.717, 1.165) is 14.7 Å². The van der Waals surface area contributed by atoms with Crippen LogP contribution >= 0.6 is 0 Å². The van der Waals surface area contributed by atoms with Crippen LogP contribution in [0.3, 0.4) is 0 Å². The van der Waals surface area contributed by atoms with E-state index in [-0.39, 0.29) is 28.3 Å². The lowest BCUT2D eigenvalue weighted by Crippen LogP contribution is -2.41. The molecule has 158 valence electrons. The zero-order valence-corrected chi connectivity index (χ0v) is 17.2. The molecule has 2 aromatic heterocycles. The first kappa shape index (κ1) is 20.2. The Morgan fingerprint density at radius 3 is 2.39 bits per heavy atom. The van der Waals surface area contributed by atoms with Crippen LogP contribution in [0.25, 0.3) is 11.0 Å². The third kappa shape index (κ3) is 3.13. The van der Waals surface area contributed by atoms with E-state index < -0.39 is 22.8 Å². The van der Waals surface area contributed by atoms with Crippen molar-refractivity contribution in [3.8, 4) is 5.75 Å². The van der Waals surface area contributed by atoms with Crippen LogP contribution in [-0.2, 0) is 14.1 Å². The summed E-state index contributed by atoms with van der Waals surface area (Å²) in [5, 5.41) is 11.4. The van der Waals surface area contributed by atoms with E-state index in [1.165, 1.54) is 14.1 Å². The fourth-order valence-corrected chi connectivity index (χ4v) is 3.89. The lowest BCUT2D eigenvalue weighted by atomic mass is 9.85.